The van der Waals surface area contributed by atoms with Crippen LogP contribution in [0.2, 0.25) is 0 Å². The van der Waals surface area contributed by atoms with Crippen molar-refractivity contribution in [3.63, 3.8) is 0 Å². The first-order valence-corrected chi connectivity index (χ1v) is 5.05. The minimum absolute atomic E-state index is 0.0605. The number of amides is 1. The normalized spacial score (nSPS) is 15.6. The molecule has 1 fully saturated rings. The Bertz CT molecular complexity index is 406. The molecule has 4 nitrogen and oxygen atoms in total. The molecule has 0 atom stereocenters. The highest BCUT2D eigenvalue weighted by atomic mass is 79.9. The highest BCUT2D eigenvalue weighted by Crippen LogP contribution is 2.31. The van der Waals surface area contributed by atoms with E-state index in [1.165, 1.54) is 0 Å². The number of nitrogens with zero attached hydrogens (tertiary/aromatic N) is 2. The third kappa shape index (κ3) is 1.37. The second-order valence-electron chi connectivity index (χ2n) is 3.20. The fourth-order valence-corrected chi connectivity index (χ4v) is 1.78. The SMILES string of the molecule is Cc1nc(Br)c(O)cc1N1CCC1=O. The smallest absolute Gasteiger partial charge is 0.228 e. The molecule has 1 aliphatic rings. The molecule has 0 spiro atoms. The molecule has 1 amide bonds. The fourth-order valence-electron chi connectivity index (χ4n) is 1.40. The number of carbonyl (C=O) groups is 1. The predicted octanol–water partition coefficient (Wildman–Crippen LogP) is 1.59. The van der Waals surface area contributed by atoms with Gasteiger partial charge in [0.1, 0.15) is 10.4 Å². The van der Waals surface area contributed by atoms with Crippen LogP contribution in [-0.4, -0.2) is 22.5 Å². The third-order valence-corrected chi connectivity index (χ3v) is 2.85. The standard InChI is InChI=1S/C9H9BrN2O2/c1-5-6(12-3-2-8(12)14)4-7(13)9(10)11-5/h4,13H,2-3H2,1H3. The minimum atomic E-state index is 0.0605. The van der Waals surface area contributed by atoms with Gasteiger partial charge in [0.2, 0.25) is 5.91 Å². The Morgan fingerprint density at radius 3 is 2.86 bits per heavy atom. The van der Waals surface area contributed by atoms with Gasteiger partial charge in [-0.3, -0.25) is 4.79 Å². The van der Waals surface area contributed by atoms with Gasteiger partial charge in [-0.2, -0.15) is 0 Å². The van der Waals surface area contributed by atoms with Crippen LogP contribution >= 0.6 is 15.9 Å². The molecular formula is C9H9BrN2O2. The Kier molecular flexibility index (Phi) is 2.19. The number of halogens is 1. The number of aryl methyl sites for hydroxylation is 1. The molecule has 2 rings (SSSR count). The number of aromatic nitrogens is 1. The first-order chi connectivity index (χ1) is 6.59. The second-order valence-corrected chi connectivity index (χ2v) is 3.95. The summed E-state index contributed by atoms with van der Waals surface area (Å²) < 4.78 is 0.409. The number of carbonyl (C=O) groups excluding carboxylic acids is 1. The molecule has 1 N–H and O–H groups in total. The Labute approximate surface area is 89.7 Å². The van der Waals surface area contributed by atoms with Gasteiger partial charge in [0, 0.05) is 19.0 Å². The van der Waals surface area contributed by atoms with Crippen molar-refractivity contribution in [3.8, 4) is 5.75 Å². The van der Waals surface area contributed by atoms with E-state index in [0.717, 1.165) is 5.69 Å². The molecule has 0 bridgehead atoms. The highest BCUT2D eigenvalue weighted by molar-refractivity contribution is 9.10. The van der Waals surface area contributed by atoms with Crippen LogP contribution in [0.4, 0.5) is 5.69 Å². The zero-order valence-corrected chi connectivity index (χ0v) is 9.21. The van der Waals surface area contributed by atoms with Crippen LogP contribution in [0.3, 0.4) is 0 Å². The van der Waals surface area contributed by atoms with Gasteiger partial charge < -0.3 is 10.0 Å². The van der Waals surface area contributed by atoms with Gasteiger partial charge in [-0.15, -0.1) is 0 Å². The third-order valence-electron chi connectivity index (χ3n) is 2.26. The van der Waals surface area contributed by atoms with Crippen LogP contribution in [-0.2, 0) is 4.79 Å². The first-order valence-electron chi connectivity index (χ1n) is 4.26. The van der Waals surface area contributed by atoms with E-state index in [1.54, 1.807) is 11.0 Å². The molecule has 0 aliphatic carbocycles. The maximum Gasteiger partial charge on any atom is 0.228 e. The minimum Gasteiger partial charge on any atom is -0.505 e. The number of aromatic hydroxyl groups is 1. The Morgan fingerprint density at radius 1 is 1.64 bits per heavy atom. The summed E-state index contributed by atoms with van der Waals surface area (Å²) >= 11 is 3.12. The van der Waals surface area contributed by atoms with Crippen LogP contribution in [0.5, 0.6) is 5.75 Å². The van der Waals surface area contributed by atoms with Crippen molar-refractivity contribution < 1.29 is 9.90 Å². The molecule has 2 heterocycles. The van der Waals surface area contributed by atoms with Gasteiger partial charge in [0.05, 0.1) is 11.4 Å². The lowest BCUT2D eigenvalue weighted by Gasteiger charge is -2.31. The van der Waals surface area contributed by atoms with Crippen LogP contribution in [0.15, 0.2) is 10.7 Å². The number of anilines is 1. The maximum atomic E-state index is 11.2. The number of rotatable bonds is 1. The van der Waals surface area contributed by atoms with Crippen molar-refractivity contribution in [2.45, 2.75) is 13.3 Å². The molecule has 1 aliphatic heterocycles. The van der Waals surface area contributed by atoms with E-state index < -0.39 is 0 Å². The van der Waals surface area contributed by atoms with Crippen molar-refractivity contribution in [1.82, 2.24) is 4.98 Å². The molecule has 1 aromatic rings. The second kappa shape index (κ2) is 3.24. The summed E-state index contributed by atoms with van der Waals surface area (Å²) in [5, 5.41) is 9.43. The van der Waals surface area contributed by atoms with Crippen molar-refractivity contribution in [2.24, 2.45) is 0 Å². The zero-order valence-electron chi connectivity index (χ0n) is 7.62. The molecule has 0 radical (unpaired) electrons. The number of β-lactam (4-membered cyclic amide) rings is 1. The van der Waals surface area contributed by atoms with E-state index in [9.17, 15) is 9.90 Å². The van der Waals surface area contributed by atoms with E-state index in [-0.39, 0.29) is 11.7 Å². The molecule has 74 valence electrons. The largest absolute Gasteiger partial charge is 0.505 e. The van der Waals surface area contributed by atoms with Gasteiger partial charge in [-0.05, 0) is 22.9 Å². The molecule has 1 aromatic heterocycles. The average Bonchev–Trinajstić information content (AvgIpc) is 2.12. The lowest BCUT2D eigenvalue weighted by Crippen LogP contribution is -2.43. The van der Waals surface area contributed by atoms with E-state index in [0.29, 0.717) is 23.3 Å². The first kappa shape index (κ1) is 9.45. The van der Waals surface area contributed by atoms with Gasteiger partial charge in [0.25, 0.3) is 0 Å². The topological polar surface area (TPSA) is 53.4 Å². The van der Waals surface area contributed by atoms with E-state index in [1.807, 2.05) is 6.92 Å². The zero-order chi connectivity index (χ0) is 10.3. The summed E-state index contributed by atoms with van der Waals surface area (Å²) in [7, 11) is 0. The highest BCUT2D eigenvalue weighted by Gasteiger charge is 2.27. The molecule has 0 saturated carbocycles. The Morgan fingerprint density at radius 2 is 2.36 bits per heavy atom. The summed E-state index contributed by atoms with van der Waals surface area (Å²) in [6.07, 6.45) is 0.580. The number of hydrogen-bond donors (Lipinski definition) is 1. The molecule has 14 heavy (non-hydrogen) atoms. The van der Waals surface area contributed by atoms with E-state index in [4.69, 9.17) is 0 Å². The maximum absolute atomic E-state index is 11.2. The Balaban J connectivity index is 2.43. The lowest BCUT2D eigenvalue weighted by molar-refractivity contribution is -0.122. The molecule has 0 aromatic carbocycles. The Hall–Kier alpha value is -1.10. The van der Waals surface area contributed by atoms with Crippen LogP contribution < -0.4 is 4.90 Å². The molecule has 0 unspecified atom stereocenters. The quantitative estimate of drug-likeness (QED) is 0.614. The summed E-state index contributed by atoms with van der Waals surface area (Å²) in [4.78, 5) is 16.9. The van der Waals surface area contributed by atoms with Crippen molar-refractivity contribution >= 4 is 27.5 Å². The molecule has 1 saturated heterocycles. The average molecular weight is 257 g/mol. The summed E-state index contributed by atoms with van der Waals surface area (Å²) in [5.74, 6) is 0.141. The molecule has 5 heteroatoms. The van der Waals surface area contributed by atoms with Crippen molar-refractivity contribution in [2.75, 3.05) is 11.4 Å². The van der Waals surface area contributed by atoms with E-state index in [2.05, 4.69) is 20.9 Å². The van der Waals surface area contributed by atoms with Gasteiger partial charge in [0.15, 0.2) is 0 Å². The van der Waals surface area contributed by atoms with Gasteiger partial charge in [-0.25, -0.2) is 4.98 Å². The number of hydrogen-bond acceptors (Lipinski definition) is 3. The summed E-state index contributed by atoms with van der Waals surface area (Å²) in [5.41, 5.74) is 1.43. The van der Waals surface area contributed by atoms with Crippen molar-refractivity contribution in [3.05, 3.63) is 16.4 Å². The summed E-state index contributed by atoms with van der Waals surface area (Å²) in [6.45, 7) is 2.52. The molecular weight excluding hydrogens is 248 g/mol. The van der Waals surface area contributed by atoms with Crippen LogP contribution in [0, 0.1) is 6.92 Å². The van der Waals surface area contributed by atoms with E-state index >= 15 is 0 Å². The predicted molar refractivity (Wildman–Crippen MR) is 55.3 cm³/mol. The van der Waals surface area contributed by atoms with Crippen molar-refractivity contribution in [1.29, 1.82) is 0 Å². The van der Waals surface area contributed by atoms with Gasteiger partial charge in [-0.1, -0.05) is 0 Å². The van der Waals surface area contributed by atoms with Gasteiger partial charge >= 0.3 is 0 Å². The number of pyridine rings is 1. The van der Waals surface area contributed by atoms with Crippen LogP contribution in [0.1, 0.15) is 12.1 Å². The monoisotopic (exact) mass is 256 g/mol. The lowest BCUT2D eigenvalue weighted by atomic mass is 10.1. The summed E-state index contributed by atoms with van der Waals surface area (Å²) in [6, 6.07) is 1.56. The fraction of sp³-hybridized carbons (Fsp3) is 0.333. The van der Waals surface area contributed by atoms with Crippen LogP contribution in [0.25, 0.3) is 0 Å².